The second-order valence-electron chi connectivity index (χ2n) is 3.94. The number of rotatable bonds is 4. The number of benzene rings is 1. The number of nitrogens with zero attached hydrogens (tertiary/aromatic N) is 4. The molecule has 0 bridgehead atoms. The van der Waals surface area contributed by atoms with Crippen LogP contribution in [0.1, 0.15) is 26.3 Å². The van der Waals surface area contributed by atoms with Crippen molar-refractivity contribution < 1.29 is 4.79 Å². The molecule has 0 aliphatic heterocycles. The standard InChI is InChI=1S/C12H13BrN4O/c1-3-11(18)8(2)17-15-12(14-16-17)9-4-6-10(13)7-5-9/h4-8H,3H2,1-2H3/t8-/m0/s1. The summed E-state index contributed by atoms with van der Waals surface area (Å²) >= 11 is 3.37. The highest BCUT2D eigenvalue weighted by molar-refractivity contribution is 9.10. The Morgan fingerprint density at radius 2 is 2.06 bits per heavy atom. The van der Waals surface area contributed by atoms with E-state index in [1.165, 1.54) is 4.80 Å². The predicted molar refractivity (Wildman–Crippen MR) is 71.0 cm³/mol. The quantitative estimate of drug-likeness (QED) is 0.871. The Kier molecular flexibility index (Phi) is 3.86. The van der Waals surface area contributed by atoms with Crippen LogP contribution in [-0.4, -0.2) is 26.0 Å². The highest BCUT2D eigenvalue weighted by atomic mass is 79.9. The largest absolute Gasteiger partial charge is 0.297 e. The van der Waals surface area contributed by atoms with Gasteiger partial charge in [-0.2, -0.15) is 4.80 Å². The van der Waals surface area contributed by atoms with E-state index in [1.807, 2.05) is 31.2 Å². The van der Waals surface area contributed by atoms with Crippen LogP contribution in [0.5, 0.6) is 0 Å². The van der Waals surface area contributed by atoms with Crippen molar-refractivity contribution in [2.75, 3.05) is 0 Å². The van der Waals surface area contributed by atoms with E-state index in [-0.39, 0.29) is 11.8 Å². The van der Waals surface area contributed by atoms with Crippen molar-refractivity contribution in [2.45, 2.75) is 26.3 Å². The maximum Gasteiger partial charge on any atom is 0.204 e. The summed E-state index contributed by atoms with van der Waals surface area (Å²) in [7, 11) is 0. The summed E-state index contributed by atoms with van der Waals surface area (Å²) in [6, 6.07) is 7.26. The fourth-order valence-corrected chi connectivity index (χ4v) is 1.79. The molecule has 0 unspecified atom stereocenters. The van der Waals surface area contributed by atoms with Crippen molar-refractivity contribution in [3.05, 3.63) is 28.7 Å². The lowest BCUT2D eigenvalue weighted by molar-refractivity contribution is -0.122. The van der Waals surface area contributed by atoms with E-state index in [0.717, 1.165) is 10.0 Å². The molecule has 0 saturated carbocycles. The van der Waals surface area contributed by atoms with E-state index >= 15 is 0 Å². The van der Waals surface area contributed by atoms with Crippen LogP contribution in [0.15, 0.2) is 28.7 Å². The predicted octanol–water partition coefficient (Wildman–Crippen LogP) is 2.64. The molecule has 6 heteroatoms. The van der Waals surface area contributed by atoms with Gasteiger partial charge in [-0.05, 0) is 36.4 Å². The van der Waals surface area contributed by atoms with Crippen LogP contribution in [0.4, 0.5) is 0 Å². The highest BCUT2D eigenvalue weighted by Gasteiger charge is 2.16. The molecule has 1 aromatic heterocycles. The monoisotopic (exact) mass is 308 g/mol. The molecule has 1 heterocycles. The number of hydrogen-bond donors (Lipinski definition) is 0. The smallest absolute Gasteiger partial charge is 0.204 e. The molecule has 0 N–H and O–H groups in total. The topological polar surface area (TPSA) is 60.7 Å². The first kappa shape index (κ1) is 12.9. The minimum Gasteiger partial charge on any atom is -0.297 e. The van der Waals surface area contributed by atoms with Crippen molar-refractivity contribution in [1.82, 2.24) is 20.2 Å². The number of tetrazole rings is 1. The summed E-state index contributed by atoms with van der Waals surface area (Å²) in [5.74, 6) is 0.619. The van der Waals surface area contributed by atoms with Gasteiger partial charge in [-0.1, -0.05) is 22.9 Å². The summed E-state index contributed by atoms with van der Waals surface area (Å²) in [4.78, 5) is 12.9. The molecule has 2 rings (SSSR count). The van der Waals surface area contributed by atoms with Crippen LogP contribution < -0.4 is 0 Å². The van der Waals surface area contributed by atoms with Crippen LogP contribution in [-0.2, 0) is 4.79 Å². The van der Waals surface area contributed by atoms with Gasteiger partial charge < -0.3 is 0 Å². The summed E-state index contributed by atoms with van der Waals surface area (Å²) in [5, 5.41) is 12.1. The number of halogens is 1. The van der Waals surface area contributed by atoms with Gasteiger partial charge in [0.15, 0.2) is 5.78 Å². The molecule has 0 radical (unpaired) electrons. The SMILES string of the molecule is CCC(=O)[C@H](C)n1nnc(-c2ccc(Br)cc2)n1. The Labute approximate surface area is 113 Å². The summed E-state index contributed by atoms with van der Waals surface area (Å²) in [6.45, 7) is 3.60. The Bertz CT molecular complexity index is 549. The second kappa shape index (κ2) is 5.39. The number of hydrogen-bond acceptors (Lipinski definition) is 4. The highest BCUT2D eigenvalue weighted by Crippen LogP contribution is 2.18. The van der Waals surface area contributed by atoms with Crippen LogP contribution in [0.3, 0.4) is 0 Å². The number of carbonyl (C=O) groups is 1. The molecule has 18 heavy (non-hydrogen) atoms. The Hall–Kier alpha value is -1.56. The lowest BCUT2D eigenvalue weighted by atomic mass is 10.2. The van der Waals surface area contributed by atoms with Gasteiger partial charge in [-0.3, -0.25) is 4.79 Å². The minimum absolute atomic E-state index is 0.0924. The molecule has 0 aliphatic rings. The zero-order chi connectivity index (χ0) is 13.1. The van der Waals surface area contributed by atoms with Gasteiger partial charge in [0.25, 0.3) is 0 Å². The van der Waals surface area contributed by atoms with E-state index < -0.39 is 0 Å². The lowest BCUT2D eigenvalue weighted by Crippen LogP contribution is -2.18. The summed E-state index contributed by atoms with van der Waals surface area (Å²) < 4.78 is 0.994. The zero-order valence-electron chi connectivity index (χ0n) is 10.2. The lowest BCUT2D eigenvalue weighted by Gasteiger charge is -2.05. The Morgan fingerprint density at radius 1 is 1.39 bits per heavy atom. The molecule has 1 aromatic carbocycles. The second-order valence-corrected chi connectivity index (χ2v) is 4.85. The first-order valence-corrected chi connectivity index (χ1v) is 6.49. The van der Waals surface area contributed by atoms with Crippen molar-refractivity contribution in [3.63, 3.8) is 0 Å². The van der Waals surface area contributed by atoms with Gasteiger partial charge in [-0.15, -0.1) is 10.2 Å². The van der Waals surface area contributed by atoms with Crippen molar-refractivity contribution in [2.24, 2.45) is 0 Å². The third kappa shape index (κ3) is 2.64. The maximum absolute atomic E-state index is 11.6. The average Bonchev–Trinajstić information content (AvgIpc) is 2.87. The van der Waals surface area contributed by atoms with Crippen LogP contribution in [0, 0.1) is 0 Å². The molecule has 94 valence electrons. The fraction of sp³-hybridized carbons (Fsp3) is 0.333. The van der Waals surface area contributed by atoms with Gasteiger partial charge in [0.2, 0.25) is 5.82 Å². The molecular formula is C12H13BrN4O. The van der Waals surface area contributed by atoms with E-state index in [2.05, 4.69) is 31.3 Å². The Balaban J connectivity index is 2.25. The molecule has 5 nitrogen and oxygen atoms in total. The molecule has 0 fully saturated rings. The molecule has 2 aromatic rings. The van der Waals surface area contributed by atoms with Crippen molar-refractivity contribution in [3.8, 4) is 11.4 Å². The van der Waals surface area contributed by atoms with E-state index in [4.69, 9.17) is 0 Å². The third-order valence-electron chi connectivity index (χ3n) is 2.69. The van der Waals surface area contributed by atoms with E-state index in [0.29, 0.717) is 12.2 Å². The van der Waals surface area contributed by atoms with Gasteiger partial charge in [0.1, 0.15) is 6.04 Å². The van der Waals surface area contributed by atoms with Crippen molar-refractivity contribution in [1.29, 1.82) is 0 Å². The van der Waals surface area contributed by atoms with Crippen molar-refractivity contribution >= 4 is 21.7 Å². The summed E-state index contributed by atoms with van der Waals surface area (Å²) in [5.41, 5.74) is 0.876. The zero-order valence-corrected chi connectivity index (χ0v) is 11.8. The van der Waals surface area contributed by atoms with Crippen LogP contribution >= 0.6 is 15.9 Å². The number of ketones is 1. The minimum atomic E-state index is -0.369. The van der Waals surface area contributed by atoms with Gasteiger partial charge in [0.05, 0.1) is 0 Å². The van der Waals surface area contributed by atoms with E-state index in [1.54, 1.807) is 6.92 Å². The van der Waals surface area contributed by atoms with Gasteiger partial charge in [-0.25, -0.2) is 0 Å². The normalized spacial score (nSPS) is 12.4. The molecule has 0 saturated heterocycles. The van der Waals surface area contributed by atoms with Crippen LogP contribution in [0.25, 0.3) is 11.4 Å². The number of Topliss-reactive ketones (excluding diaryl/α,β-unsaturated/α-hetero) is 1. The third-order valence-corrected chi connectivity index (χ3v) is 3.22. The maximum atomic E-state index is 11.6. The Morgan fingerprint density at radius 3 is 2.67 bits per heavy atom. The summed E-state index contributed by atoms with van der Waals surface area (Å²) in [6.07, 6.45) is 0.469. The van der Waals surface area contributed by atoms with E-state index in [9.17, 15) is 4.79 Å². The first-order valence-electron chi connectivity index (χ1n) is 5.70. The molecule has 0 aliphatic carbocycles. The number of carbonyl (C=O) groups excluding carboxylic acids is 1. The average molecular weight is 309 g/mol. The van der Waals surface area contributed by atoms with Gasteiger partial charge >= 0.3 is 0 Å². The fourth-order valence-electron chi connectivity index (χ4n) is 1.53. The molecular weight excluding hydrogens is 296 g/mol. The molecule has 0 spiro atoms. The molecule has 1 atom stereocenters. The van der Waals surface area contributed by atoms with Gasteiger partial charge in [0, 0.05) is 16.5 Å². The number of aromatic nitrogens is 4. The first-order chi connectivity index (χ1) is 8.61. The molecule has 0 amide bonds. The van der Waals surface area contributed by atoms with Crippen LogP contribution in [0.2, 0.25) is 0 Å².